The maximum Gasteiger partial charge on any atom is 0.328 e. The highest BCUT2D eigenvalue weighted by molar-refractivity contribution is 5.95. The van der Waals surface area contributed by atoms with Crippen LogP contribution in [0.2, 0.25) is 0 Å². The van der Waals surface area contributed by atoms with E-state index in [9.17, 15) is 24.0 Å². The Hall–Kier alpha value is -2.69. The van der Waals surface area contributed by atoms with E-state index < -0.39 is 53.8 Å². The van der Waals surface area contributed by atoms with Crippen molar-refractivity contribution in [3.63, 3.8) is 0 Å². The standard InChI is InChI=1S/C22H39N5O6/c1-7-13(4)18(22(32)33-6)26-21(31)17(12(2)3)25-20(30)15-9-8-10-27(15)16(28)11-24-19(29)14(5)23/h12-15,17-18H,7-11,23H2,1-6H3,(H,24,29)(H,25,30)(H,26,31)/t13-,14-,15-,17-,18?/m0/s1. The summed E-state index contributed by atoms with van der Waals surface area (Å²) in [4.78, 5) is 63.7. The molecule has 4 amide bonds. The highest BCUT2D eigenvalue weighted by Crippen LogP contribution is 2.18. The fraction of sp³-hybridized carbons (Fsp3) is 0.773. The quantitative estimate of drug-likeness (QED) is 0.291. The van der Waals surface area contributed by atoms with Crippen LogP contribution in [0.3, 0.4) is 0 Å². The van der Waals surface area contributed by atoms with Gasteiger partial charge in [0.05, 0.1) is 19.7 Å². The predicted octanol–water partition coefficient (Wildman–Crippen LogP) is -0.714. The first-order chi connectivity index (χ1) is 15.4. The van der Waals surface area contributed by atoms with Crippen LogP contribution in [0.1, 0.15) is 53.9 Å². The smallest absolute Gasteiger partial charge is 0.328 e. The van der Waals surface area contributed by atoms with Crippen molar-refractivity contribution in [1.29, 1.82) is 0 Å². The van der Waals surface area contributed by atoms with Gasteiger partial charge in [-0.1, -0.05) is 34.1 Å². The van der Waals surface area contributed by atoms with Gasteiger partial charge in [-0.25, -0.2) is 4.79 Å². The van der Waals surface area contributed by atoms with E-state index in [1.807, 2.05) is 13.8 Å². The van der Waals surface area contributed by atoms with Gasteiger partial charge in [-0.3, -0.25) is 19.2 Å². The summed E-state index contributed by atoms with van der Waals surface area (Å²) in [6.07, 6.45) is 1.72. The summed E-state index contributed by atoms with van der Waals surface area (Å²) in [5.74, 6) is -2.76. The lowest BCUT2D eigenvalue weighted by Gasteiger charge is -2.29. The maximum absolute atomic E-state index is 13.0. The Labute approximate surface area is 195 Å². The van der Waals surface area contributed by atoms with E-state index in [1.54, 1.807) is 13.8 Å². The van der Waals surface area contributed by atoms with Crippen LogP contribution in [0, 0.1) is 11.8 Å². The van der Waals surface area contributed by atoms with Crippen molar-refractivity contribution in [3.05, 3.63) is 0 Å². The minimum atomic E-state index is -0.899. The van der Waals surface area contributed by atoms with Crippen LogP contribution in [0.25, 0.3) is 0 Å². The zero-order valence-electron chi connectivity index (χ0n) is 20.5. The number of ether oxygens (including phenoxy) is 1. The van der Waals surface area contributed by atoms with E-state index in [1.165, 1.54) is 18.9 Å². The fourth-order valence-electron chi connectivity index (χ4n) is 3.59. The Bertz CT molecular complexity index is 726. The number of nitrogens with one attached hydrogen (secondary N) is 3. The molecule has 1 unspecified atom stereocenters. The first kappa shape index (κ1) is 28.3. The van der Waals surface area contributed by atoms with Crippen LogP contribution in [0.4, 0.5) is 0 Å². The molecule has 0 spiro atoms. The number of nitrogens with zero attached hydrogens (tertiary/aromatic N) is 1. The third-order valence-corrected chi connectivity index (χ3v) is 5.92. The summed E-state index contributed by atoms with van der Waals surface area (Å²) in [6, 6.07) is -3.22. The van der Waals surface area contributed by atoms with E-state index in [2.05, 4.69) is 16.0 Å². The Morgan fingerprint density at radius 1 is 1.03 bits per heavy atom. The molecule has 0 aliphatic carbocycles. The molecule has 0 aromatic heterocycles. The molecule has 1 fully saturated rings. The summed E-state index contributed by atoms with van der Waals surface area (Å²) in [6.45, 7) is 8.92. The molecule has 1 rings (SSSR count). The molecule has 0 aromatic carbocycles. The fourth-order valence-corrected chi connectivity index (χ4v) is 3.59. The number of carbonyl (C=O) groups is 5. The second-order valence-electron chi connectivity index (χ2n) is 8.88. The van der Waals surface area contributed by atoms with E-state index >= 15 is 0 Å². The van der Waals surface area contributed by atoms with E-state index in [0.29, 0.717) is 25.8 Å². The van der Waals surface area contributed by atoms with Gasteiger partial charge in [-0.2, -0.15) is 0 Å². The van der Waals surface area contributed by atoms with Crippen molar-refractivity contribution < 1.29 is 28.7 Å². The van der Waals surface area contributed by atoms with Gasteiger partial charge in [0.2, 0.25) is 23.6 Å². The number of amides is 4. The molecule has 0 bridgehead atoms. The molecule has 1 heterocycles. The summed E-state index contributed by atoms with van der Waals surface area (Å²) < 4.78 is 4.81. The molecule has 11 nitrogen and oxygen atoms in total. The predicted molar refractivity (Wildman–Crippen MR) is 122 cm³/mol. The number of likely N-dealkylation sites (tertiary alicyclic amines) is 1. The normalized spacial score (nSPS) is 19.3. The highest BCUT2D eigenvalue weighted by Gasteiger charge is 2.37. The molecule has 1 aliphatic heterocycles. The third-order valence-electron chi connectivity index (χ3n) is 5.92. The van der Waals surface area contributed by atoms with Crippen molar-refractivity contribution >= 4 is 29.6 Å². The number of hydrogen-bond acceptors (Lipinski definition) is 7. The molecule has 1 saturated heterocycles. The molecular weight excluding hydrogens is 430 g/mol. The average molecular weight is 470 g/mol. The van der Waals surface area contributed by atoms with Crippen molar-refractivity contribution in [2.45, 2.75) is 78.0 Å². The Morgan fingerprint density at radius 2 is 1.67 bits per heavy atom. The van der Waals surface area contributed by atoms with Gasteiger partial charge in [0, 0.05) is 6.54 Å². The number of nitrogens with two attached hydrogens (primary N) is 1. The van der Waals surface area contributed by atoms with Gasteiger partial charge in [0.25, 0.3) is 0 Å². The summed E-state index contributed by atoms with van der Waals surface area (Å²) in [7, 11) is 1.26. The monoisotopic (exact) mass is 469 g/mol. The summed E-state index contributed by atoms with van der Waals surface area (Å²) in [5.41, 5.74) is 5.48. The second kappa shape index (κ2) is 13.1. The SMILES string of the molecule is CC[C@H](C)C(NC(=O)[C@@H](NC(=O)[C@@H]1CCCN1C(=O)CNC(=O)[C@H](C)N)C(C)C)C(=O)OC. The highest BCUT2D eigenvalue weighted by atomic mass is 16.5. The van der Waals surface area contributed by atoms with Gasteiger partial charge < -0.3 is 31.3 Å². The van der Waals surface area contributed by atoms with Gasteiger partial charge in [0.15, 0.2) is 0 Å². The second-order valence-corrected chi connectivity index (χ2v) is 8.88. The summed E-state index contributed by atoms with van der Waals surface area (Å²) in [5, 5.41) is 7.90. The van der Waals surface area contributed by atoms with Crippen LogP contribution in [-0.2, 0) is 28.7 Å². The third kappa shape index (κ3) is 7.99. The molecule has 0 saturated carbocycles. The Balaban J connectivity index is 2.86. The van der Waals surface area contributed by atoms with Gasteiger partial charge in [-0.15, -0.1) is 0 Å². The zero-order chi connectivity index (χ0) is 25.3. The topological polar surface area (TPSA) is 160 Å². The van der Waals surface area contributed by atoms with E-state index in [0.717, 1.165) is 0 Å². The van der Waals surface area contributed by atoms with Gasteiger partial charge >= 0.3 is 5.97 Å². The average Bonchev–Trinajstić information content (AvgIpc) is 3.27. The number of esters is 1. The van der Waals surface area contributed by atoms with Crippen LogP contribution in [0.5, 0.6) is 0 Å². The van der Waals surface area contributed by atoms with Crippen molar-refractivity contribution in [2.24, 2.45) is 17.6 Å². The zero-order valence-corrected chi connectivity index (χ0v) is 20.5. The Morgan fingerprint density at radius 3 is 2.18 bits per heavy atom. The first-order valence-corrected chi connectivity index (χ1v) is 11.5. The number of hydrogen-bond donors (Lipinski definition) is 4. The number of methoxy groups -OCH3 is 1. The Kier molecular flexibility index (Phi) is 11.3. The van der Waals surface area contributed by atoms with Crippen LogP contribution < -0.4 is 21.7 Å². The molecule has 5 atom stereocenters. The summed E-state index contributed by atoms with van der Waals surface area (Å²) >= 11 is 0. The van der Waals surface area contributed by atoms with E-state index in [-0.39, 0.29) is 18.4 Å². The number of rotatable bonds is 11. The van der Waals surface area contributed by atoms with Crippen molar-refractivity contribution in [3.8, 4) is 0 Å². The molecular formula is C22H39N5O6. The lowest BCUT2D eigenvalue weighted by molar-refractivity contribution is -0.147. The molecule has 188 valence electrons. The maximum atomic E-state index is 13.0. The minimum absolute atomic E-state index is 0.153. The lowest BCUT2D eigenvalue weighted by atomic mass is 9.97. The lowest BCUT2D eigenvalue weighted by Crippen LogP contribution is -2.58. The first-order valence-electron chi connectivity index (χ1n) is 11.5. The van der Waals surface area contributed by atoms with Crippen molar-refractivity contribution in [2.75, 3.05) is 20.2 Å². The van der Waals surface area contributed by atoms with Gasteiger partial charge in [-0.05, 0) is 31.6 Å². The van der Waals surface area contributed by atoms with Gasteiger partial charge in [0.1, 0.15) is 18.1 Å². The van der Waals surface area contributed by atoms with Crippen molar-refractivity contribution in [1.82, 2.24) is 20.9 Å². The van der Waals surface area contributed by atoms with E-state index in [4.69, 9.17) is 10.5 Å². The minimum Gasteiger partial charge on any atom is -0.467 e. The van der Waals surface area contributed by atoms with Crippen LogP contribution in [-0.4, -0.2) is 78.9 Å². The molecule has 0 radical (unpaired) electrons. The molecule has 1 aliphatic rings. The largest absolute Gasteiger partial charge is 0.467 e. The molecule has 33 heavy (non-hydrogen) atoms. The molecule has 0 aromatic rings. The molecule has 5 N–H and O–H groups in total. The van der Waals surface area contributed by atoms with Crippen LogP contribution in [0.15, 0.2) is 0 Å². The molecule has 11 heteroatoms. The van der Waals surface area contributed by atoms with Crippen LogP contribution >= 0.6 is 0 Å². The number of carbonyl (C=O) groups excluding carboxylic acids is 5.